The summed E-state index contributed by atoms with van der Waals surface area (Å²) in [6.07, 6.45) is 6.23. The van der Waals surface area contributed by atoms with E-state index < -0.39 is 6.17 Å². The van der Waals surface area contributed by atoms with Crippen molar-refractivity contribution in [1.29, 1.82) is 0 Å². The van der Waals surface area contributed by atoms with Gasteiger partial charge in [-0.15, -0.1) is 0 Å². The molecule has 6 nitrogen and oxygen atoms in total. The maximum absolute atomic E-state index is 14.3. The van der Waals surface area contributed by atoms with E-state index in [-0.39, 0.29) is 6.10 Å². The Labute approximate surface area is 156 Å². The SMILES string of the molecule is FC1CCC2OCCNCC3CNN4CCC(NC34)N3CCC[C@@H]3C2C1. The van der Waals surface area contributed by atoms with E-state index in [1.807, 2.05) is 0 Å². The molecule has 0 amide bonds. The normalized spacial score (nSPS) is 48.1. The summed E-state index contributed by atoms with van der Waals surface area (Å²) in [7, 11) is 0. The fourth-order valence-electron chi connectivity index (χ4n) is 6.10. The molecule has 148 valence electrons. The molecule has 1 aliphatic carbocycles. The number of hydrazine groups is 1. The van der Waals surface area contributed by atoms with Gasteiger partial charge in [-0.05, 0) is 45.1 Å². The lowest BCUT2D eigenvalue weighted by Gasteiger charge is -2.46. The topological polar surface area (TPSA) is 51.8 Å². The highest BCUT2D eigenvalue weighted by Crippen LogP contribution is 2.39. The van der Waals surface area contributed by atoms with Gasteiger partial charge in [0, 0.05) is 44.1 Å². The summed E-state index contributed by atoms with van der Waals surface area (Å²) in [6.45, 7) is 5.93. The summed E-state index contributed by atoms with van der Waals surface area (Å²) < 4.78 is 20.6. The number of nitrogens with one attached hydrogen (secondary N) is 3. The monoisotopic (exact) mass is 367 g/mol. The molecule has 7 atom stereocenters. The molecule has 0 radical (unpaired) electrons. The molecule has 2 bridgehead atoms. The molecule has 1 saturated carbocycles. The van der Waals surface area contributed by atoms with Crippen molar-refractivity contribution in [2.24, 2.45) is 11.8 Å². The van der Waals surface area contributed by atoms with E-state index in [0.29, 0.717) is 43.1 Å². The molecular weight excluding hydrogens is 333 g/mol. The summed E-state index contributed by atoms with van der Waals surface area (Å²) in [4.78, 5) is 2.68. The molecule has 5 rings (SSSR count). The maximum Gasteiger partial charge on any atom is 0.101 e. The number of alkyl halides is 1. The Morgan fingerprint density at radius 2 is 2.00 bits per heavy atom. The van der Waals surface area contributed by atoms with E-state index in [4.69, 9.17) is 4.74 Å². The van der Waals surface area contributed by atoms with Gasteiger partial charge in [0.25, 0.3) is 0 Å². The molecule has 4 aliphatic heterocycles. The van der Waals surface area contributed by atoms with E-state index in [2.05, 4.69) is 26.0 Å². The lowest BCUT2D eigenvalue weighted by atomic mass is 9.79. The second-order valence-corrected chi connectivity index (χ2v) is 8.87. The standard InChI is InChI=1S/C19H34FN5O/c20-14-3-4-17-15(10-14)16-2-1-7-24(16)18-5-8-25-19(23-18)13(12-22-25)11-21-6-9-26-17/h13-19,21-23H,1-12H2/t13?,14?,15?,16-,17?,18?,19?/m1/s1. The fraction of sp³-hybridized carbons (Fsp3) is 1.00. The average Bonchev–Trinajstić information content (AvgIpc) is 3.28. The van der Waals surface area contributed by atoms with Gasteiger partial charge in [0.05, 0.1) is 25.0 Å². The van der Waals surface area contributed by atoms with Crippen LogP contribution in [0.3, 0.4) is 0 Å². The molecule has 0 spiro atoms. The van der Waals surface area contributed by atoms with Crippen molar-refractivity contribution in [1.82, 2.24) is 26.0 Å². The first-order chi connectivity index (χ1) is 12.8. The minimum Gasteiger partial charge on any atom is -0.377 e. The Morgan fingerprint density at radius 3 is 2.96 bits per heavy atom. The third-order valence-corrected chi connectivity index (χ3v) is 7.37. The minimum atomic E-state index is -0.644. The maximum atomic E-state index is 14.3. The number of halogens is 1. The highest BCUT2D eigenvalue weighted by molar-refractivity contribution is 4.98. The van der Waals surface area contributed by atoms with Crippen molar-refractivity contribution in [3.8, 4) is 0 Å². The lowest BCUT2D eigenvalue weighted by molar-refractivity contribution is -0.0652. The third-order valence-electron chi connectivity index (χ3n) is 7.37. The molecule has 0 aromatic carbocycles. The first-order valence-electron chi connectivity index (χ1n) is 10.8. The number of rotatable bonds is 0. The van der Waals surface area contributed by atoms with Gasteiger partial charge in [0.15, 0.2) is 0 Å². The number of nitrogens with zero attached hydrogens (tertiary/aromatic N) is 2. The van der Waals surface area contributed by atoms with Gasteiger partial charge < -0.3 is 10.1 Å². The molecule has 3 N–H and O–H groups in total. The van der Waals surface area contributed by atoms with Gasteiger partial charge in [0.2, 0.25) is 0 Å². The van der Waals surface area contributed by atoms with Gasteiger partial charge in [0.1, 0.15) is 6.17 Å². The van der Waals surface area contributed by atoms with E-state index in [1.165, 1.54) is 12.8 Å². The van der Waals surface area contributed by atoms with Crippen LogP contribution in [0.4, 0.5) is 4.39 Å². The molecule has 5 fully saturated rings. The van der Waals surface area contributed by atoms with Gasteiger partial charge in [-0.2, -0.15) is 0 Å². The molecule has 5 aliphatic rings. The smallest absolute Gasteiger partial charge is 0.101 e. The molecule has 7 heteroatoms. The summed E-state index contributed by atoms with van der Waals surface area (Å²) in [6, 6.07) is 0.476. The Morgan fingerprint density at radius 1 is 1.04 bits per heavy atom. The van der Waals surface area contributed by atoms with Crippen LogP contribution in [0.2, 0.25) is 0 Å². The van der Waals surface area contributed by atoms with Crippen LogP contribution in [0, 0.1) is 11.8 Å². The van der Waals surface area contributed by atoms with E-state index in [1.54, 1.807) is 0 Å². The summed E-state index contributed by atoms with van der Waals surface area (Å²) in [5.41, 5.74) is 3.57. The van der Waals surface area contributed by atoms with Crippen LogP contribution in [0.5, 0.6) is 0 Å². The van der Waals surface area contributed by atoms with Crippen molar-refractivity contribution < 1.29 is 9.13 Å². The largest absolute Gasteiger partial charge is 0.377 e. The molecule has 4 heterocycles. The second-order valence-electron chi connectivity index (χ2n) is 8.87. The van der Waals surface area contributed by atoms with Crippen molar-refractivity contribution >= 4 is 0 Å². The molecule has 6 unspecified atom stereocenters. The highest BCUT2D eigenvalue weighted by atomic mass is 19.1. The summed E-state index contributed by atoms with van der Waals surface area (Å²) in [5, 5.41) is 9.93. The zero-order valence-corrected chi connectivity index (χ0v) is 15.7. The highest BCUT2D eigenvalue weighted by Gasteiger charge is 2.46. The zero-order chi connectivity index (χ0) is 17.5. The minimum absolute atomic E-state index is 0.233. The number of fused-ring (bicyclic) bond motifs is 5. The fourth-order valence-corrected chi connectivity index (χ4v) is 6.10. The van der Waals surface area contributed by atoms with Crippen LogP contribution in [0.25, 0.3) is 0 Å². The van der Waals surface area contributed by atoms with Crippen molar-refractivity contribution in [2.75, 3.05) is 39.3 Å². The number of hydrogen-bond acceptors (Lipinski definition) is 6. The average molecular weight is 368 g/mol. The van der Waals surface area contributed by atoms with Crippen LogP contribution in [-0.2, 0) is 4.74 Å². The third kappa shape index (κ3) is 3.31. The van der Waals surface area contributed by atoms with Crippen LogP contribution in [0.1, 0.15) is 38.5 Å². The van der Waals surface area contributed by atoms with Crippen molar-refractivity contribution in [3.63, 3.8) is 0 Å². The van der Waals surface area contributed by atoms with Crippen LogP contribution < -0.4 is 16.1 Å². The number of ether oxygens (including phenoxy) is 1. The predicted molar refractivity (Wildman–Crippen MR) is 98.1 cm³/mol. The Kier molecular flexibility index (Phi) is 5.20. The van der Waals surface area contributed by atoms with E-state index in [9.17, 15) is 4.39 Å². The van der Waals surface area contributed by atoms with E-state index in [0.717, 1.165) is 52.2 Å². The summed E-state index contributed by atoms with van der Waals surface area (Å²) in [5.74, 6) is 0.927. The quantitative estimate of drug-likeness (QED) is 0.585. The van der Waals surface area contributed by atoms with E-state index >= 15 is 0 Å². The van der Waals surface area contributed by atoms with Gasteiger partial charge in [-0.3, -0.25) is 15.6 Å². The summed E-state index contributed by atoms with van der Waals surface area (Å²) >= 11 is 0. The first-order valence-corrected chi connectivity index (χ1v) is 10.8. The van der Waals surface area contributed by atoms with Crippen molar-refractivity contribution in [3.05, 3.63) is 0 Å². The zero-order valence-electron chi connectivity index (χ0n) is 15.7. The Hall–Kier alpha value is -0.310. The molecule has 4 saturated heterocycles. The van der Waals surface area contributed by atoms with Crippen LogP contribution >= 0.6 is 0 Å². The van der Waals surface area contributed by atoms with Gasteiger partial charge in [-0.25, -0.2) is 9.40 Å². The molecule has 0 aromatic rings. The predicted octanol–water partition coefficient (Wildman–Crippen LogP) is 0.659. The Bertz CT molecular complexity index is 497. The molecule has 26 heavy (non-hydrogen) atoms. The van der Waals surface area contributed by atoms with Gasteiger partial charge >= 0.3 is 0 Å². The van der Waals surface area contributed by atoms with Crippen molar-refractivity contribution in [2.45, 2.75) is 69.2 Å². The molecular formula is C19H34FN5O. The lowest BCUT2D eigenvalue weighted by Crippen LogP contribution is -2.64. The second kappa shape index (κ2) is 7.60. The van der Waals surface area contributed by atoms with Crippen LogP contribution in [-0.4, -0.2) is 79.9 Å². The number of hydrogen-bond donors (Lipinski definition) is 3. The van der Waals surface area contributed by atoms with Gasteiger partial charge in [-0.1, -0.05) is 0 Å². The first kappa shape index (κ1) is 17.8. The van der Waals surface area contributed by atoms with Crippen LogP contribution in [0.15, 0.2) is 0 Å². The Balaban J connectivity index is 1.39. The molecule has 0 aromatic heterocycles.